The number of benzene rings is 3. The van der Waals surface area contributed by atoms with E-state index >= 15 is 0 Å². The van der Waals surface area contributed by atoms with Gasteiger partial charge in [-0.05, 0) is 0 Å². The van der Waals surface area contributed by atoms with Crippen LogP contribution < -0.4 is 10.7 Å². The minimum atomic E-state index is -3.10. The average Bonchev–Trinajstić information content (AvgIpc) is 3.28. The van der Waals surface area contributed by atoms with Gasteiger partial charge in [0, 0.05) is 0 Å². The normalized spacial score (nSPS) is 14.3. The quantitative estimate of drug-likeness (QED) is 0.329. The van der Waals surface area contributed by atoms with Gasteiger partial charge >= 0.3 is 193 Å². The Hall–Kier alpha value is -2.06. The van der Waals surface area contributed by atoms with Crippen molar-refractivity contribution in [2.75, 3.05) is 0 Å². The van der Waals surface area contributed by atoms with Crippen LogP contribution in [0.5, 0.6) is 0 Å². The van der Waals surface area contributed by atoms with Gasteiger partial charge in [-0.1, -0.05) is 0 Å². The zero-order chi connectivity index (χ0) is 21.7. The molecule has 0 fully saturated rings. The van der Waals surface area contributed by atoms with Gasteiger partial charge in [0.05, 0.1) is 0 Å². The maximum absolute atomic E-state index is 3.10. The van der Waals surface area contributed by atoms with Gasteiger partial charge in [-0.25, -0.2) is 0 Å². The van der Waals surface area contributed by atoms with Crippen LogP contribution in [0, 0.1) is 5.41 Å². The second-order valence-corrected chi connectivity index (χ2v) is 21.3. The molecule has 0 bridgehead atoms. The van der Waals surface area contributed by atoms with Gasteiger partial charge in [0.1, 0.15) is 0 Å². The first-order chi connectivity index (χ1) is 15.0. The molecule has 0 amide bonds. The molecule has 0 aliphatic heterocycles. The molecule has 0 nitrogen and oxygen atoms in total. The zero-order valence-electron chi connectivity index (χ0n) is 19.1. The summed E-state index contributed by atoms with van der Waals surface area (Å²) in [7, 11) is 0. The van der Waals surface area contributed by atoms with Crippen LogP contribution in [0.3, 0.4) is 0 Å². The third kappa shape index (κ3) is 4.90. The fraction of sp³-hybridized carbons (Fsp3) is 0.267. The van der Waals surface area contributed by atoms with E-state index in [0.717, 1.165) is 6.42 Å². The van der Waals surface area contributed by atoms with E-state index in [0.29, 0.717) is 0 Å². The van der Waals surface area contributed by atoms with Crippen LogP contribution in [-0.2, 0) is 0 Å². The van der Waals surface area contributed by atoms with Crippen molar-refractivity contribution in [3.8, 4) is 0 Å². The van der Waals surface area contributed by atoms with E-state index in [2.05, 4.69) is 124 Å². The van der Waals surface area contributed by atoms with Crippen LogP contribution >= 0.6 is 0 Å². The summed E-state index contributed by atoms with van der Waals surface area (Å²) in [6.45, 7) is 6.99. The third-order valence-corrected chi connectivity index (χ3v) is 21.2. The van der Waals surface area contributed by atoms with Crippen LogP contribution in [0.15, 0.2) is 114 Å². The van der Waals surface area contributed by atoms with Crippen LogP contribution in [0.4, 0.5) is 0 Å². The molecule has 0 unspecified atom stereocenters. The third-order valence-electron chi connectivity index (χ3n) is 6.75. The van der Waals surface area contributed by atoms with Crippen molar-refractivity contribution in [1.29, 1.82) is 0 Å². The molecule has 158 valence electrons. The molecule has 3 aromatic carbocycles. The molecule has 31 heavy (non-hydrogen) atoms. The first-order valence-electron chi connectivity index (χ1n) is 11.6. The summed E-state index contributed by atoms with van der Waals surface area (Å²) in [4.78, 5) is 0. The van der Waals surface area contributed by atoms with Gasteiger partial charge in [0.15, 0.2) is 0 Å². The van der Waals surface area contributed by atoms with Crippen molar-refractivity contribution in [3.05, 3.63) is 114 Å². The van der Waals surface area contributed by atoms with Crippen LogP contribution in [-0.4, -0.2) is 18.4 Å². The summed E-state index contributed by atoms with van der Waals surface area (Å²) >= 11 is -3.10. The van der Waals surface area contributed by atoms with Crippen molar-refractivity contribution >= 4 is 29.1 Å². The second kappa shape index (κ2) is 9.61. The molecule has 1 aliphatic rings. The summed E-state index contributed by atoms with van der Waals surface area (Å²) in [5, 5.41) is 0. The SMILES string of the molecule is CC(C)(C)C1=CC=C(CC[CH2][Sn]([c]2ccccc2)([c]2ccccc2)[c]2ccccc2)C1. The Kier molecular flexibility index (Phi) is 6.86. The molecule has 0 saturated carbocycles. The average molecular weight is 513 g/mol. The Morgan fingerprint density at radius 1 is 0.645 bits per heavy atom. The summed E-state index contributed by atoms with van der Waals surface area (Å²) < 4.78 is 6.06. The van der Waals surface area contributed by atoms with Crippen LogP contribution in [0.2, 0.25) is 4.44 Å². The predicted molar refractivity (Wildman–Crippen MR) is 138 cm³/mol. The Balaban J connectivity index is 1.65. The number of hydrogen-bond acceptors (Lipinski definition) is 0. The van der Waals surface area contributed by atoms with Crippen molar-refractivity contribution in [2.45, 2.75) is 44.5 Å². The molecule has 0 atom stereocenters. The topological polar surface area (TPSA) is 0 Å². The van der Waals surface area contributed by atoms with E-state index in [4.69, 9.17) is 0 Å². The summed E-state index contributed by atoms with van der Waals surface area (Å²) in [5.74, 6) is 0. The van der Waals surface area contributed by atoms with Gasteiger partial charge in [0.25, 0.3) is 0 Å². The molecule has 1 aliphatic carbocycles. The Morgan fingerprint density at radius 3 is 1.48 bits per heavy atom. The molecule has 0 aromatic heterocycles. The van der Waals surface area contributed by atoms with Gasteiger partial charge < -0.3 is 0 Å². The maximum atomic E-state index is 2.39. The van der Waals surface area contributed by atoms with Gasteiger partial charge in [-0.15, -0.1) is 0 Å². The van der Waals surface area contributed by atoms with E-state index in [1.54, 1.807) is 21.9 Å². The fourth-order valence-electron chi connectivity index (χ4n) is 4.95. The summed E-state index contributed by atoms with van der Waals surface area (Å²) in [5.41, 5.74) is 3.46. The molecule has 3 aromatic rings. The first kappa shape index (κ1) is 22.1. The molecular weight excluding hydrogens is 479 g/mol. The van der Waals surface area contributed by atoms with E-state index in [9.17, 15) is 0 Å². The van der Waals surface area contributed by atoms with Gasteiger partial charge in [0.2, 0.25) is 0 Å². The summed E-state index contributed by atoms with van der Waals surface area (Å²) in [6, 6.07) is 34.2. The second-order valence-electron chi connectivity index (χ2n) is 9.80. The fourth-order valence-corrected chi connectivity index (χ4v) is 18.8. The Bertz CT molecular complexity index is 941. The molecular formula is C30H34Sn. The van der Waals surface area contributed by atoms with Crippen LogP contribution in [0.25, 0.3) is 0 Å². The van der Waals surface area contributed by atoms with Crippen molar-refractivity contribution in [1.82, 2.24) is 0 Å². The summed E-state index contributed by atoms with van der Waals surface area (Å²) in [6.07, 6.45) is 8.39. The molecule has 0 radical (unpaired) electrons. The van der Waals surface area contributed by atoms with E-state index in [1.807, 2.05) is 0 Å². The van der Waals surface area contributed by atoms with Crippen LogP contribution in [0.1, 0.15) is 40.0 Å². The Morgan fingerprint density at radius 2 is 1.10 bits per heavy atom. The predicted octanol–water partition coefficient (Wildman–Crippen LogP) is 6.24. The van der Waals surface area contributed by atoms with Crippen molar-refractivity contribution < 1.29 is 0 Å². The van der Waals surface area contributed by atoms with E-state index < -0.39 is 18.4 Å². The van der Waals surface area contributed by atoms with Gasteiger partial charge in [-0.3, -0.25) is 0 Å². The minimum absolute atomic E-state index is 0.277. The Labute approximate surface area is 192 Å². The molecule has 0 saturated heterocycles. The zero-order valence-corrected chi connectivity index (χ0v) is 22.0. The number of rotatable bonds is 7. The van der Waals surface area contributed by atoms with E-state index in [1.165, 1.54) is 17.3 Å². The monoisotopic (exact) mass is 514 g/mol. The molecule has 4 rings (SSSR count). The van der Waals surface area contributed by atoms with E-state index in [-0.39, 0.29) is 5.41 Å². The van der Waals surface area contributed by atoms with Gasteiger partial charge in [-0.2, -0.15) is 0 Å². The molecule has 0 spiro atoms. The van der Waals surface area contributed by atoms with Crippen molar-refractivity contribution in [3.63, 3.8) is 0 Å². The molecule has 0 heterocycles. The first-order valence-corrected chi connectivity index (χ1v) is 17.9. The van der Waals surface area contributed by atoms with Crippen molar-refractivity contribution in [2.24, 2.45) is 5.41 Å². The number of allylic oxidation sites excluding steroid dienone is 4. The molecule has 1 heteroatoms. The number of hydrogen-bond donors (Lipinski definition) is 0. The standard InChI is InChI=1S/C12H19.3C6H5.Sn/c1-5-6-10-7-8-11(9-10)12(2,3)4;3*1-2-4-6-5-3-1;/h7-8H,1,5-6,9H2,2-4H3;3*1-5H;. The molecule has 0 N–H and O–H groups in total.